The molecule has 4 heteroatoms. The molecule has 0 amide bonds. The number of hydrogen-bond acceptors (Lipinski definition) is 2. The van der Waals surface area contributed by atoms with Crippen LogP contribution in [-0.2, 0) is 11.6 Å². The third-order valence-corrected chi connectivity index (χ3v) is 3.64. The summed E-state index contributed by atoms with van der Waals surface area (Å²) in [6.07, 6.45) is 0. The zero-order valence-electron chi connectivity index (χ0n) is 6.83. The van der Waals surface area contributed by atoms with Gasteiger partial charge in [-0.15, -0.1) is 11.8 Å². The van der Waals surface area contributed by atoms with Crippen molar-refractivity contribution in [1.82, 2.24) is 9.55 Å². The minimum Gasteiger partial charge on any atom is -0.317 e. The number of thioether (sulfide) groups is 1. The summed E-state index contributed by atoms with van der Waals surface area (Å²) in [6.45, 7) is 0. The fourth-order valence-electron chi connectivity index (χ4n) is 1.63. The van der Waals surface area contributed by atoms with E-state index in [0.717, 1.165) is 21.6 Å². The van der Waals surface area contributed by atoms with Gasteiger partial charge in [-0.1, -0.05) is 15.9 Å². The molecule has 0 saturated carbocycles. The second kappa shape index (κ2) is 2.75. The Hall–Kier alpha value is -0.480. The van der Waals surface area contributed by atoms with Gasteiger partial charge in [0, 0.05) is 4.47 Å². The molecule has 2 nitrogen and oxygen atoms in total. The van der Waals surface area contributed by atoms with Crippen LogP contribution in [0.1, 0.15) is 5.82 Å². The molecular formula is C9H7BrN2S. The molecular weight excluding hydrogens is 248 g/mol. The SMILES string of the molecule is Brc1ccc2nc3n(c2c1)CSC3. The maximum Gasteiger partial charge on any atom is 0.120 e. The minimum absolute atomic E-state index is 1.04. The summed E-state index contributed by atoms with van der Waals surface area (Å²) < 4.78 is 3.41. The molecule has 66 valence electrons. The first-order valence-electron chi connectivity index (χ1n) is 4.07. The van der Waals surface area contributed by atoms with Crippen molar-refractivity contribution in [2.75, 3.05) is 0 Å². The smallest absolute Gasteiger partial charge is 0.120 e. The van der Waals surface area contributed by atoms with E-state index in [0.29, 0.717) is 0 Å². The summed E-state index contributed by atoms with van der Waals surface area (Å²) in [5.41, 5.74) is 2.35. The van der Waals surface area contributed by atoms with E-state index in [1.54, 1.807) is 0 Å². The zero-order chi connectivity index (χ0) is 8.84. The molecule has 2 aromatic rings. The van der Waals surface area contributed by atoms with Crippen molar-refractivity contribution in [1.29, 1.82) is 0 Å². The Bertz CT molecular complexity index is 478. The van der Waals surface area contributed by atoms with Crippen LogP contribution in [0.15, 0.2) is 22.7 Å². The van der Waals surface area contributed by atoms with E-state index in [2.05, 4.69) is 37.6 Å². The summed E-state index contributed by atoms with van der Waals surface area (Å²) in [7, 11) is 0. The van der Waals surface area contributed by atoms with Crippen molar-refractivity contribution >= 4 is 38.7 Å². The Morgan fingerprint density at radius 2 is 2.38 bits per heavy atom. The zero-order valence-corrected chi connectivity index (χ0v) is 9.23. The average molecular weight is 255 g/mol. The van der Waals surface area contributed by atoms with Gasteiger partial charge in [0.1, 0.15) is 5.82 Å². The molecule has 3 rings (SSSR count). The summed E-state index contributed by atoms with van der Waals surface area (Å²) in [4.78, 5) is 4.56. The van der Waals surface area contributed by atoms with Crippen LogP contribution in [0.5, 0.6) is 0 Å². The number of aromatic nitrogens is 2. The molecule has 0 saturated heterocycles. The third-order valence-electron chi connectivity index (χ3n) is 2.24. The summed E-state index contributed by atoms with van der Waals surface area (Å²) in [5, 5.41) is 0. The molecule has 0 bridgehead atoms. The topological polar surface area (TPSA) is 17.8 Å². The summed E-state index contributed by atoms with van der Waals surface area (Å²) in [5.74, 6) is 3.30. The number of hydrogen-bond donors (Lipinski definition) is 0. The highest BCUT2D eigenvalue weighted by atomic mass is 79.9. The van der Waals surface area contributed by atoms with Crippen LogP contribution in [0.25, 0.3) is 11.0 Å². The number of benzene rings is 1. The first-order valence-corrected chi connectivity index (χ1v) is 6.02. The van der Waals surface area contributed by atoms with E-state index in [1.165, 1.54) is 11.3 Å². The molecule has 0 aliphatic carbocycles. The monoisotopic (exact) mass is 254 g/mol. The van der Waals surface area contributed by atoms with E-state index >= 15 is 0 Å². The van der Waals surface area contributed by atoms with Gasteiger partial charge in [0.15, 0.2) is 0 Å². The number of fused-ring (bicyclic) bond motifs is 3. The van der Waals surface area contributed by atoms with E-state index in [-0.39, 0.29) is 0 Å². The Morgan fingerprint density at radius 3 is 3.31 bits per heavy atom. The van der Waals surface area contributed by atoms with Crippen LogP contribution in [0.4, 0.5) is 0 Å². The number of imidazole rings is 1. The lowest BCUT2D eigenvalue weighted by molar-refractivity contribution is 0.895. The van der Waals surface area contributed by atoms with Crippen LogP contribution in [-0.4, -0.2) is 9.55 Å². The van der Waals surface area contributed by atoms with Crippen molar-refractivity contribution in [3.05, 3.63) is 28.5 Å². The molecule has 0 radical (unpaired) electrons. The largest absolute Gasteiger partial charge is 0.317 e. The molecule has 0 spiro atoms. The van der Waals surface area contributed by atoms with Crippen molar-refractivity contribution < 1.29 is 0 Å². The van der Waals surface area contributed by atoms with Gasteiger partial charge in [-0.25, -0.2) is 4.98 Å². The van der Waals surface area contributed by atoms with Gasteiger partial charge >= 0.3 is 0 Å². The van der Waals surface area contributed by atoms with Crippen LogP contribution in [0.2, 0.25) is 0 Å². The predicted molar refractivity (Wildman–Crippen MR) is 58.7 cm³/mol. The lowest BCUT2D eigenvalue weighted by Gasteiger charge is -1.97. The Kier molecular flexibility index (Phi) is 1.67. The Morgan fingerprint density at radius 1 is 1.46 bits per heavy atom. The Balaban J connectivity index is 2.40. The first kappa shape index (κ1) is 7.88. The molecule has 0 unspecified atom stereocenters. The fraction of sp³-hybridized carbons (Fsp3) is 0.222. The highest BCUT2D eigenvalue weighted by Gasteiger charge is 2.15. The fourth-order valence-corrected chi connectivity index (χ4v) is 2.94. The van der Waals surface area contributed by atoms with Crippen molar-refractivity contribution in [2.24, 2.45) is 0 Å². The van der Waals surface area contributed by atoms with Gasteiger partial charge in [-0.3, -0.25) is 0 Å². The van der Waals surface area contributed by atoms with E-state index in [4.69, 9.17) is 0 Å². The Labute approximate surface area is 88.5 Å². The third kappa shape index (κ3) is 1.12. The molecule has 13 heavy (non-hydrogen) atoms. The number of rotatable bonds is 0. The standard InChI is InChI=1S/C9H7BrN2S/c10-6-1-2-7-8(3-6)12-5-13-4-9(12)11-7/h1-3H,4-5H2. The van der Waals surface area contributed by atoms with Gasteiger partial charge in [0.25, 0.3) is 0 Å². The highest BCUT2D eigenvalue weighted by Crippen LogP contribution is 2.29. The quantitative estimate of drug-likeness (QED) is 0.720. The second-order valence-corrected chi connectivity index (χ2v) is 4.94. The minimum atomic E-state index is 1.04. The first-order chi connectivity index (χ1) is 6.34. The van der Waals surface area contributed by atoms with Crippen molar-refractivity contribution in [2.45, 2.75) is 11.6 Å². The average Bonchev–Trinajstić information content (AvgIpc) is 2.64. The summed E-state index contributed by atoms with van der Waals surface area (Å²) >= 11 is 5.39. The number of nitrogens with zero attached hydrogens (tertiary/aromatic N) is 2. The molecule has 1 aromatic carbocycles. The van der Waals surface area contributed by atoms with Gasteiger partial charge in [0.2, 0.25) is 0 Å². The molecule has 0 atom stereocenters. The summed E-state index contributed by atoms with van der Waals surface area (Å²) in [6, 6.07) is 6.24. The van der Waals surface area contributed by atoms with E-state index < -0.39 is 0 Å². The second-order valence-electron chi connectivity index (χ2n) is 3.07. The van der Waals surface area contributed by atoms with Crippen LogP contribution in [0.3, 0.4) is 0 Å². The molecule has 1 aliphatic heterocycles. The lowest BCUT2D eigenvalue weighted by Crippen LogP contribution is -1.90. The van der Waals surface area contributed by atoms with Gasteiger partial charge in [-0.05, 0) is 18.2 Å². The highest BCUT2D eigenvalue weighted by molar-refractivity contribution is 9.10. The predicted octanol–water partition coefficient (Wildman–Crippen LogP) is 3.00. The van der Waals surface area contributed by atoms with Crippen molar-refractivity contribution in [3.8, 4) is 0 Å². The van der Waals surface area contributed by atoms with Crippen LogP contribution < -0.4 is 0 Å². The van der Waals surface area contributed by atoms with Crippen LogP contribution in [0, 0.1) is 0 Å². The van der Waals surface area contributed by atoms with E-state index in [1.807, 2.05) is 17.8 Å². The number of halogens is 1. The molecule has 1 aliphatic rings. The van der Waals surface area contributed by atoms with Gasteiger partial charge < -0.3 is 4.57 Å². The normalized spacial score (nSPS) is 15.2. The van der Waals surface area contributed by atoms with Crippen molar-refractivity contribution in [3.63, 3.8) is 0 Å². The van der Waals surface area contributed by atoms with Crippen LogP contribution >= 0.6 is 27.7 Å². The molecule has 2 heterocycles. The lowest BCUT2D eigenvalue weighted by atomic mass is 10.3. The molecule has 1 aromatic heterocycles. The maximum absolute atomic E-state index is 4.56. The molecule has 0 fully saturated rings. The maximum atomic E-state index is 4.56. The van der Waals surface area contributed by atoms with E-state index in [9.17, 15) is 0 Å². The van der Waals surface area contributed by atoms with Gasteiger partial charge in [0.05, 0.1) is 22.7 Å². The molecule has 0 N–H and O–H groups in total. The van der Waals surface area contributed by atoms with Gasteiger partial charge in [-0.2, -0.15) is 0 Å².